The van der Waals surface area contributed by atoms with Gasteiger partial charge in [0.05, 0.1) is 6.61 Å². The van der Waals surface area contributed by atoms with Crippen LogP contribution >= 0.6 is 15.9 Å². The first-order chi connectivity index (χ1) is 15.0. The van der Waals surface area contributed by atoms with E-state index in [9.17, 15) is 4.79 Å². The number of amides is 1. The van der Waals surface area contributed by atoms with Gasteiger partial charge in [0.25, 0.3) is 5.91 Å². The second-order valence-electron chi connectivity index (χ2n) is 6.83. The molecule has 0 unspecified atom stereocenters. The monoisotopic (exact) mass is 477 g/mol. The van der Waals surface area contributed by atoms with Gasteiger partial charge in [-0.3, -0.25) is 4.79 Å². The third-order valence-electron chi connectivity index (χ3n) is 4.49. The van der Waals surface area contributed by atoms with Crippen LogP contribution < -0.4 is 15.6 Å². The first-order valence-electron chi connectivity index (χ1n) is 9.77. The number of nitrogens with one attached hydrogen (secondary N) is 1. The maximum Gasteiger partial charge on any atom is 0.262 e. The highest BCUT2D eigenvalue weighted by Gasteiger charge is 2.15. The van der Waals surface area contributed by atoms with Crippen LogP contribution in [0.15, 0.2) is 80.7 Å². The number of pyridine rings is 1. The van der Waals surface area contributed by atoms with E-state index in [1.54, 1.807) is 18.3 Å². The number of para-hydroxylation sites is 2. The molecule has 0 saturated carbocycles. The maximum atomic E-state index is 13.1. The van der Waals surface area contributed by atoms with E-state index >= 15 is 0 Å². The molecule has 4 aromatic rings. The first kappa shape index (κ1) is 20.8. The molecule has 0 spiro atoms. The lowest BCUT2D eigenvalue weighted by Gasteiger charge is -2.08. The molecule has 6 nitrogen and oxygen atoms in total. The Balaban J connectivity index is 1.86. The predicted octanol–water partition coefficient (Wildman–Crippen LogP) is 5.78. The van der Waals surface area contributed by atoms with E-state index in [1.165, 1.54) is 0 Å². The highest BCUT2D eigenvalue weighted by atomic mass is 79.9. The average Bonchev–Trinajstić information content (AvgIpc) is 2.76. The number of hydrogen-bond acceptors (Lipinski definition) is 5. The van der Waals surface area contributed by atoms with Crippen molar-refractivity contribution in [1.82, 2.24) is 4.98 Å². The van der Waals surface area contributed by atoms with Crippen molar-refractivity contribution < 1.29 is 13.9 Å². The summed E-state index contributed by atoms with van der Waals surface area (Å²) in [7, 11) is 0. The van der Waals surface area contributed by atoms with E-state index in [1.807, 2.05) is 62.4 Å². The molecule has 2 heterocycles. The number of aryl methyl sites for hydroxylation is 1. The molecule has 7 heteroatoms. The number of nitrogens with zero attached hydrogens (tertiary/aromatic N) is 2. The molecule has 156 valence electrons. The Morgan fingerprint density at radius 3 is 2.77 bits per heavy atom. The number of aromatic nitrogens is 1. The van der Waals surface area contributed by atoms with Crippen molar-refractivity contribution in [1.29, 1.82) is 0 Å². The largest absolute Gasteiger partial charge is 0.492 e. The van der Waals surface area contributed by atoms with Gasteiger partial charge < -0.3 is 14.5 Å². The van der Waals surface area contributed by atoms with Gasteiger partial charge in [-0.15, -0.1) is 0 Å². The van der Waals surface area contributed by atoms with E-state index in [0.29, 0.717) is 35.0 Å². The maximum absolute atomic E-state index is 13.1. The molecule has 0 fully saturated rings. The number of hydrogen-bond donors (Lipinski definition) is 1. The van der Waals surface area contributed by atoms with Crippen LogP contribution in [0.4, 0.5) is 11.5 Å². The third-order valence-corrected chi connectivity index (χ3v) is 4.99. The molecule has 2 aromatic heterocycles. The summed E-state index contributed by atoms with van der Waals surface area (Å²) in [6.07, 6.45) is 1.70. The number of anilines is 1. The summed E-state index contributed by atoms with van der Waals surface area (Å²) in [5, 5.41) is 3.59. The Bertz CT molecular complexity index is 1310. The lowest BCUT2D eigenvalue weighted by atomic mass is 10.1. The standard InChI is InChI=1S/C24H20BrN3O3/c1-3-30-21-7-5-4-6-19(21)27-24-18(13-16-12-17(25)9-10-20(16)31-24)23(29)28-22-11-8-15(2)14-26-22/h4-14H,3H2,1-2H3,(H,26,28,29). The van der Waals surface area contributed by atoms with Crippen LogP contribution in [0.3, 0.4) is 0 Å². The zero-order valence-corrected chi connectivity index (χ0v) is 18.6. The van der Waals surface area contributed by atoms with Crippen molar-refractivity contribution in [3.63, 3.8) is 0 Å². The SMILES string of the molecule is CCOc1ccccc1N=c1oc2ccc(Br)cc2cc1C(=O)Nc1ccc(C)cn1. The van der Waals surface area contributed by atoms with Crippen LogP contribution in [0, 0.1) is 6.92 Å². The molecular formula is C24H20BrN3O3. The average molecular weight is 478 g/mol. The minimum absolute atomic E-state index is 0.187. The van der Waals surface area contributed by atoms with Crippen molar-refractivity contribution in [2.45, 2.75) is 13.8 Å². The summed E-state index contributed by atoms with van der Waals surface area (Å²) in [5.41, 5.74) is 2.67. The number of rotatable bonds is 5. The van der Waals surface area contributed by atoms with Crippen molar-refractivity contribution >= 4 is 44.3 Å². The third kappa shape index (κ3) is 4.83. The first-order valence-corrected chi connectivity index (χ1v) is 10.6. The molecule has 0 aliphatic rings. The van der Waals surface area contributed by atoms with Gasteiger partial charge in [0.1, 0.15) is 28.4 Å². The smallest absolute Gasteiger partial charge is 0.262 e. The fourth-order valence-electron chi connectivity index (χ4n) is 3.01. The van der Waals surface area contributed by atoms with Gasteiger partial charge in [0.2, 0.25) is 5.55 Å². The highest BCUT2D eigenvalue weighted by molar-refractivity contribution is 9.10. The molecule has 0 saturated heterocycles. The highest BCUT2D eigenvalue weighted by Crippen LogP contribution is 2.27. The van der Waals surface area contributed by atoms with E-state index in [4.69, 9.17) is 9.15 Å². The Morgan fingerprint density at radius 2 is 2.00 bits per heavy atom. The number of halogens is 1. The van der Waals surface area contributed by atoms with Gasteiger partial charge in [-0.1, -0.05) is 34.1 Å². The topological polar surface area (TPSA) is 76.7 Å². The molecule has 2 aromatic carbocycles. The Morgan fingerprint density at radius 1 is 1.16 bits per heavy atom. The van der Waals surface area contributed by atoms with E-state index in [2.05, 4.69) is 31.2 Å². The molecule has 31 heavy (non-hydrogen) atoms. The molecule has 0 aliphatic heterocycles. The second-order valence-corrected chi connectivity index (χ2v) is 7.75. The molecule has 0 atom stereocenters. The zero-order chi connectivity index (χ0) is 21.8. The summed E-state index contributed by atoms with van der Waals surface area (Å²) >= 11 is 3.46. The normalized spacial score (nSPS) is 11.5. The van der Waals surface area contributed by atoms with Crippen molar-refractivity contribution in [3.8, 4) is 5.75 Å². The van der Waals surface area contributed by atoms with Gasteiger partial charge in [0, 0.05) is 16.1 Å². The Hall–Kier alpha value is -3.45. The van der Waals surface area contributed by atoms with Crippen molar-refractivity contribution in [2.75, 3.05) is 11.9 Å². The van der Waals surface area contributed by atoms with Crippen molar-refractivity contribution in [3.05, 3.63) is 88.0 Å². The number of carbonyl (C=O) groups is 1. The molecule has 0 bridgehead atoms. The number of benzene rings is 2. The molecule has 4 rings (SSSR count). The number of carbonyl (C=O) groups excluding carboxylic acids is 1. The number of fused-ring (bicyclic) bond motifs is 1. The van der Waals surface area contributed by atoms with Crippen LogP contribution in [-0.4, -0.2) is 17.5 Å². The molecule has 0 radical (unpaired) electrons. The van der Waals surface area contributed by atoms with Gasteiger partial charge >= 0.3 is 0 Å². The van der Waals surface area contributed by atoms with Gasteiger partial charge in [-0.25, -0.2) is 9.98 Å². The Kier molecular flexibility index (Phi) is 6.13. The molecule has 1 amide bonds. The minimum Gasteiger partial charge on any atom is -0.492 e. The Labute approximate surface area is 187 Å². The summed E-state index contributed by atoms with van der Waals surface area (Å²) in [6, 6.07) is 18.4. The van der Waals surface area contributed by atoms with Crippen LogP contribution in [0.1, 0.15) is 22.8 Å². The summed E-state index contributed by atoms with van der Waals surface area (Å²) in [6.45, 7) is 4.34. The molecule has 0 aliphatic carbocycles. The van der Waals surface area contributed by atoms with Gasteiger partial charge in [-0.2, -0.15) is 0 Å². The lowest BCUT2D eigenvalue weighted by molar-refractivity contribution is 0.102. The minimum atomic E-state index is -0.366. The second kappa shape index (κ2) is 9.14. The molecule has 1 N–H and O–H groups in total. The van der Waals surface area contributed by atoms with Crippen LogP contribution in [0.2, 0.25) is 0 Å². The quantitative estimate of drug-likeness (QED) is 0.395. The van der Waals surface area contributed by atoms with E-state index < -0.39 is 0 Å². The van der Waals surface area contributed by atoms with Gasteiger partial charge in [0.15, 0.2) is 0 Å². The zero-order valence-electron chi connectivity index (χ0n) is 17.1. The lowest BCUT2D eigenvalue weighted by Crippen LogP contribution is -2.22. The van der Waals surface area contributed by atoms with Crippen molar-refractivity contribution in [2.24, 2.45) is 4.99 Å². The summed E-state index contributed by atoms with van der Waals surface area (Å²) < 4.78 is 12.6. The van der Waals surface area contributed by atoms with Crippen LogP contribution in [0.5, 0.6) is 5.75 Å². The summed E-state index contributed by atoms with van der Waals surface area (Å²) in [5.74, 6) is 0.697. The van der Waals surface area contributed by atoms with E-state index in [0.717, 1.165) is 15.4 Å². The number of ether oxygens (including phenoxy) is 1. The fourth-order valence-corrected chi connectivity index (χ4v) is 3.39. The predicted molar refractivity (Wildman–Crippen MR) is 124 cm³/mol. The van der Waals surface area contributed by atoms with E-state index in [-0.39, 0.29) is 11.5 Å². The van der Waals surface area contributed by atoms with Crippen LogP contribution in [-0.2, 0) is 0 Å². The molecular weight excluding hydrogens is 458 g/mol. The summed E-state index contributed by atoms with van der Waals surface area (Å²) in [4.78, 5) is 22.0. The fraction of sp³-hybridized carbons (Fsp3) is 0.125. The van der Waals surface area contributed by atoms with Crippen LogP contribution in [0.25, 0.3) is 11.0 Å². The van der Waals surface area contributed by atoms with Gasteiger partial charge in [-0.05, 0) is 61.9 Å².